The third kappa shape index (κ3) is 3.81. The first-order valence-corrected chi connectivity index (χ1v) is 7.65. The van der Waals surface area contributed by atoms with E-state index < -0.39 is 4.92 Å². The zero-order valence-electron chi connectivity index (χ0n) is 11.1. The summed E-state index contributed by atoms with van der Waals surface area (Å²) in [6, 6.07) is 10.2. The molecular formula is C14H12Br2N2O3. The Labute approximate surface area is 138 Å². The molecule has 0 aliphatic carbocycles. The Morgan fingerprint density at radius 3 is 2.62 bits per heavy atom. The van der Waals surface area contributed by atoms with Gasteiger partial charge in [-0.25, -0.2) is 0 Å². The monoisotopic (exact) mass is 414 g/mol. The largest absolute Gasteiger partial charge is 0.449 e. The SMILES string of the molecule is CNCc1ccc(Oc2c(Br)cccc2[N+](=O)[O-])cc1Br. The molecule has 21 heavy (non-hydrogen) atoms. The molecule has 0 atom stereocenters. The van der Waals surface area contributed by atoms with Gasteiger partial charge in [-0.05, 0) is 46.7 Å². The van der Waals surface area contributed by atoms with Gasteiger partial charge in [-0.15, -0.1) is 0 Å². The van der Waals surface area contributed by atoms with Crippen molar-refractivity contribution in [1.82, 2.24) is 5.32 Å². The molecule has 0 amide bonds. The van der Waals surface area contributed by atoms with Crippen LogP contribution in [0, 0.1) is 10.1 Å². The van der Waals surface area contributed by atoms with Crippen LogP contribution in [0.4, 0.5) is 5.69 Å². The summed E-state index contributed by atoms with van der Waals surface area (Å²) in [5, 5.41) is 14.1. The molecule has 110 valence electrons. The van der Waals surface area contributed by atoms with Gasteiger partial charge in [-0.1, -0.05) is 28.1 Å². The fourth-order valence-electron chi connectivity index (χ4n) is 1.79. The molecule has 0 unspecified atom stereocenters. The number of hydrogen-bond acceptors (Lipinski definition) is 4. The molecule has 0 fully saturated rings. The van der Waals surface area contributed by atoms with E-state index in [1.807, 2.05) is 13.1 Å². The van der Waals surface area contributed by atoms with Crippen LogP contribution in [-0.4, -0.2) is 12.0 Å². The standard InChI is InChI=1S/C14H12Br2N2O3/c1-17-8-9-5-6-10(7-12(9)16)21-14-11(15)3-2-4-13(14)18(19)20/h2-7,17H,8H2,1H3. The Morgan fingerprint density at radius 2 is 2.00 bits per heavy atom. The summed E-state index contributed by atoms with van der Waals surface area (Å²) in [6.07, 6.45) is 0. The molecule has 2 aromatic rings. The molecule has 0 bridgehead atoms. The first kappa shape index (κ1) is 15.9. The van der Waals surface area contributed by atoms with Gasteiger partial charge in [-0.3, -0.25) is 10.1 Å². The van der Waals surface area contributed by atoms with E-state index in [0.29, 0.717) is 10.2 Å². The van der Waals surface area contributed by atoms with Gasteiger partial charge in [0.15, 0.2) is 0 Å². The van der Waals surface area contributed by atoms with Crippen LogP contribution < -0.4 is 10.1 Å². The van der Waals surface area contributed by atoms with Crippen molar-refractivity contribution >= 4 is 37.5 Å². The Kier molecular flexibility index (Phi) is 5.33. The van der Waals surface area contributed by atoms with Crippen molar-refractivity contribution in [2.45, 2.75) is 6.54 Å². The van der Waals surface area contributed by atoms with Crippen LogP contribution in [0.3, 0.4) is 0 Å². The maximum Gasteiger partial charge on any atom is 0.312 e. The number of hydrogen-bond donors (Lipinski definition) is 1. The Morgan fingerprint density at radius 1 is 1.24 bits per heavy atom. The summed E-state index contributed by atoms with van der Waals surface area (Å²) in [5.41, 5.74) is 0.992. The molecule has 5 nitrogen and oxygen atoms in total. The number of para-hydroxylation sites is 1. The lowest BCUT2D eigenvalue weighted by Gasteiger charge is -2.10. The van der Waals surface area contributed by atoms with Crippen LogP contribution in [0.1, 0.15) is 5.56 Å². The number of rotatable bonds is 5. The van der Waals surface area contributed by atoms with E-state index in [-0.39, 0.29) is 11.4 Å². The molecule has 0 radical (unpaired) electrons. The van der Waals surface area contributed by atoms with E-state index in [4.69, 9.17) is 4.74 Å². The molecule has 0 spiro atoms. The minimum Gasteiger partial charge on any atom is -0.449 e. The lowest BCUT2D eigenvalue weighted by atomic mass is 10.2. The molecule has 0 aliphatic heterocycles. The van der Waals surface area contributed by atoms with Gasteiger partial charge in [0, 0.05) is 17.1 Å². The number of ether oxygens (including phenoxy) is 1. The van der Waals surface area contributed by atoms with Crippen LogP contribution in [0.15, 0.2) is 45.3 Å². The van der Waals surface area contributed by atoms with E-state index in [1.54, 1.807) is 24.3 Å². The quantitative estimate of drug-likeness (QED) is 0.571. The minimum absolute atomic E-state index is 0.0835. The fraction of sp³-hybridized carbons (Fsp3) is 0.143. The van der Waals surface area contributed by atoms with Crippen molar-refractivity contribution in [3.05, 3.63) is 61.0 Å². The third-order valence-electron chi connectivity index (χ3n) is 2.75. The smallest absolute Gasteiger partial charge is 0.312 e. The van der Waals surface area contributed by atoms with E-state index in [0.717, 1.165) is 16.6 Å². The second-order valence-corrected chi connectivity index (χ2v) is 5.94. The second kappa shape index (κ2) is 7.02. The second-order valence-electron chi connectivity index (χ2n) is 4.23. The molecule has 2 aromatic carbocycles. The van der Waals surface area contributed by atoms with Crippen molar-refractivity contribution in [1.29, 1.82) is 0 Å². The van der Waals surface area contributed by atoms with E-state index in [9.17, 15) is 10.1 Å². The topological polar surface area (TPSA) is 64.4 Å². The molecule has 0 saturated heterocycles. The highest BCUT2D eigenvalue weighted by molar-refractivity contribution is 9.10. The van der Waals surface area contributed by atoms with Crippen molar-refractivity contribution in [3.8, 4) is 11.5 Å². The fourth-order valence-corrected chi connectivity index (χ4v) is 2.72. The first-order valence-electron chi connectivity index (χ1n) is 6.06. The molecule has 0 aliphatic rings. The third-order valence-corrected chi connectivity index (χ3v) is 4.12. The van der Waals surface area contributed by atoms with Gasteiger partial charge in [-0.2, -0.15) is 0 Å². The summed E-state index contributed by atoms with van der Waals surface area (Å²) in [7, 11) is 1.86. The maximum absolute atomic E-state index is 11.1. The number of nitrogens with one attached hydrogen (secondary N) is 1. The summed E-state index contributed by atoms with van der Waals surface area (Å²) >= 11 is 6.74. The van der Waals surface area contributed by atoms with Crippen LogP contribution in [0.5, 0.6) is 11.5 Å². The number of nitro benzene ring substituents is 1. The summed E-state index contributed by atoms with van der Waals surface area (Å²) < 4.78 is 7.09. The molecule has 1 N–H and O–H groups in total. The van der Waals surface area contributed by atoms with Crippen molar-refractivity contribution in [3.63, 3.8) is 0 Å². The summed E-state index contributed by atoms with van der Waals surface area (Å²) in [5.74, 6) is 0.715. The highest BCUT2D eigenvalue weighted by Gasteiger charge is 2.19. The molecule has 7 heteroatoms. The predicted octanol–water partition coefficient (Wildman–Crippen LogP) is 4.63. The number of nitro groups is 1. The highest BCUT2D eigenvalue weighted by Crippen LogP contribution is 2.38. The van der Waals surface area contributed by atoms with Gasteiger partial charge in [0.05, 0.1) is 9.40 Å². The van der Waals surface area contributed by atoms with Crippen molar-refractivity contribution < 1.29 is 9.66 Å². The average Bonchev–Trinajstić information content (AvgIpc) is 2.44. The molecule has 0 saturated carbocycles. The van der Waals surface area contributed by atoms with E-state index in [1.165, 1.54) is 6.07 Å². The number of halogens is 2. The van der Waals surface area contributed by atoms with E-state index >= 15 is 0 Å². The molecular weight excluding hydrogens is 404 g/mol. The number of benzene rings is 2. The lowest BCUT2D eigenvalue weighted by molar-refractivity contribution is -0.385. The highest BCUT2D eigenvalue weighted by atomic mass is 79.9. The summed E-state index contributed by atoms with van der Waals surface area (Å²) in [6.45, 7) is 0.718. The zero-order valence-corrected chi connectivity index (χ0v) is 14.3. The van der Waals surface area contributed by atoms with Gasteiger partial charge in [0.25, 0.3) is 0 Å². The Bertz CT molecular complexity index is 677. The van der Waals surface area contributed by atoms with Gasteiger partial charge < -0.3 is 10.1 Å². The lowest BCUT2D eigenvalue weighted by Crippen LogP contribution is -2.05. The van der Waals surface area contributed by atoms with Gasteiger partial charge in [0.2, 0.25) is 5.75 Å². The predicted molar refractivity (Wildman–Crippen MR) is 87.8 cm³/mol. The summed E-state index contributed by atoms with van der Waals surface area (Å²) in [4.78, 5) is 10.6. The molecule has 0 aromatic heterocycles. The zero-order chi connectivity index (χ0) is 15.4. The Hall–Kier alpha value is -1.44. The Balaban J connectivity index is 2.34. The molecule has 2 rings (SSSR count). The number of nitrogens with zero attached hydrogens (tertiary/aromatic N) is 1. The normalized spacial score (nSPS) is 10.4. The first-order chi connectivity index (χ1) is 10.0. The van der Waals surface area contributed by atoms with Crippen molar-refractivity contribution in [2.75, 3.05) is 7.05 Å². The van der Waals surface area contributed by atoms with Crippen LogP contribution in [0.25, 0.3) is 0 Å². The van der Waals surface area contributed by atoms with Crippen LogP contribution in [0.2, 0.25) is 0 Å². The minimum atomic E-state index is -0.468. The average molecular weight is 416 g/mol. The van der Waals surface area contributed by atoms with Gasteiger partial charge in [0.1, 0.15) is 5.75 Å². The van der Waals surface area contributed by atoms with Gasteiger partial charge >= 0.3 is 5.69 Å². The van der Waals surface area contributed by atoms with Crippen molar-refractivity contribution in [2.24, 2.45) is 0 Å². The molecule has 0 heterocycles. The maximum atomic E-state index is 11.1. The van der Waals surface area contributed by atoms with Crippen LogP contribution >= 0.6 is 31.9 Å². The van der Waals surface area contributed by atoms with Crippen LogP contribution in [-0.2, 0) is 6.54 Å². The van der Waals surface area contributed by atoms with E-state index in [2.05, 4.69) is 37.2 Å².